The number of hydrogen-bond acceptors (Lipinski definition) is 5. The van der Waals surface area contributed by atoms with Crippen molar-refractivity contribution in [3.05, 3.63) is 54.4 Å². The van der Waals surface area contributed by atoms with Crippen molar-refractivity contribution in [1.82, 2.24) is 25.2 Å². The van der Waals surface area contributed by atoms with E-state index in [0.717, 1.165) is 5.56 Å². The van der Waals surface area contributed by atoms with Crippen molar-refractivity contribution in [3.8, 4) is 17.1 Å². The largest absolute Gasteiger partial charge is 0.387 e. The summed E-state index contributed by atoms with van der Waals surface area (Å²) in [5.74, 6) is 0.560. The lowest BCUT2D eigenvalue weighted by Gasteiger charge is -2.03. The molecule has 0 aliphatic carbocycles. The molecule has 0 aliphatic rings. The molecule has 0 fully saturated rings. The Hall–Kier alpha value is -2.60. The lowest BCUT2D eigenvalue weighted by atomic mass is 10.2. The van der Waals surface area contributed by atoms with E-state index in [-0.39, 0.29) is 0 Å². The first-order valence-electron chi connectivity index (χ1n) is 6.24. The summed E-state index contributed by atoms with van der Waals surface area (Å²) in [6.07, 6.45) is 1.02. The average molecular weight is 267 g/mol. The molecule has 100 valence electrons. The molecule has 0 amide bonds. The molecular weight excluding hydrogens is 254 g/mol. The molecule has 1 aromatic carbocycles. The summed E-state index contributed by atoms with van der Waals surface area (Å²) < 4.78 is 0. The Morgan fingerprint density at radius 3 is 2.55 bits per heavy atom. The molecule has 2 aromatic heterocycles. The van der Waals surface area contributed by atoms with Gasteiger partial charge in [0, 0.05) is 5.56 Å². The normalized spacial score (nSPS) is 12.3. The summed E-state index contributed by atoms with van der Waals surface area (Å²) in [5, 5.41) is 21.8. The number of aliphatic hydroxyl groups is 1. The van der Waals surface area contributed by atoms with Crippen LogP contribution in [0.2, 0.25) is 0 Å². The highest BCUT2D eigenvalue weighted by atomic mass is 16.3. The van der Waals surface area contributed by atoms with E-state index in [9.17, 15) is 5.11 Å². The minimum absolute atomic E-state index is 0.560. The maximum absolute atomic E-state index is 9.43. The number of aromatic nitrogens is 5. The van der Waals surface area contributed by atoms with Gasteiger partial charge < -0.3 is 5.11 Å². The molecule has 0 spiro atoms. The van der Waals surface area contributed by atoms with E-state index in [0.29, 0.717) is 17.2 Å². The van der Waals surface area contributed by atoms with E-state index in [1.165, 1.54) is 4.80 Å². The highest BCUT2D eigenvalue weighted by molar-refractivity contribution is 5.53. The Labute approximate surface area is 115 Å². The molecule has 2 heterocycles. The van der Waals surface area contributed by atoms with Gasteiger partial charge in [-0.3, -0.25) is 4.98 Å². The summed E-state index contributed by atoms with van der Waals surface area (Å²) in [5.41, 5.74) is 2.22. The second-order valence-electron chi connectivity index (χ2n) is 4.39. The maximum atomic E-state index is 9.43. The first-order valence-corrected chi connectivity index (χ1v) is 6.24. The van der Waals surface area contributed by atoms with Crippen molar-refractivity contribution in [3.63, 3.8) is 0 Å². The van der Waals surface area contributed by atoms with Crippen molar-refractivity contribution in [2.75, 3.05) is 0 Å². The third kappa shape index (κ3) is 2.41. The van der Waals surface area contributed by atoms with Crippen LogP contribution in [0.25, 0.3) is 17.1 Å². The topological polar surface area (TPSA) is 76.7 Å². The van der Waals surface area contributed by atoms with Crippen molar-refractivity contribution in [2.45, 2.75) is 13.0 Å². The molecule has 20 heavy (non-hydrogen) atoms. The standard InChI is InChI=1S/C14H13N5O/c1-10(20)13-8-7-12(9-15-13)19-17-14(16-18-19)11-5-3-2-4-6-11/h2-10,20H,1H3/t10-/m1/s1. The smallest absolute Gasteiger partial charge is 0.205 e. The highest BCUT2D eigenvalue weighted by Crippen LogP contribution is 2.14. The van der Waals surface area contributed by atoms with Gasteiger partial charge in [0.1, 0.15) is 5.69 Å². The van der Waals surface area contributed by atoms with Gasteiger partial charge in [0.05, 0.1) is 18.0 Å². The third-order valence-electron chi connectivity index (χ3n) is 2.88. The van der Waals surface area contributed by atoms with Gasteiger partial charge in [0.15, 0.2) is 0 Å². The molecule has 0 aliphatic heterocycles. The van der Waals surface area contributed by atoms with E-state index in [1.807, 2.05) is 30.3 Å². The highest BCUT2D eigenvalue weighted by Gasteiger charge is 2.08. The summed E-state index contributed by atoms with van der Waals surface area (Å²) in [4.78, 5) is 5.58. The molecular formula is C14H13N5O. The zero-order chi connectivity index (χ0) is 13.9. The van der Waals surface area contributed by atoms with Gasteiger partial charge in [-0.15, -0.1) is 15.0 Å². The Morgan fingerprint density at radius 2 is 1.90 bits per heavy atom. The molecule has 0 saturated carbocycles. The SMILES string of the molecule is C[C@@H](O)c1ccc(-n2nnc(-c3ccccc3)n2)cn1. The van der Waals surface area contributed by atoms with Gasteiger partial charge >= 0.3 is 0 Å². The van der Waals surface area contributed by atoms with Crippen molar-refractivity contribution in [1.29, 1.82) is 0 Å². The minimum atomic E-state index is -0.590. The lowest BCUT2D eigenvalue weighted by molar-refractivity contribution is 0.194. The summed E-state index contributed by atoms with van der Waals surface area (Å²) in [6, 6.07) is 13.2. The molecule has 0 bridgehead atoms. The molecule has 1 atom stereocenters. The fourth-order valence-electron chi connectivity index (χ4n) is 1.79. The van der Waals surface area contributed by atoms with Crippen LogP contribution in [0, 0.1) is 0 Å². The lowest BCUT2D eigenvalue weighted by Crippen LogP contribution is -2.02. The number of hydrogen-bond donors (Lipinski definition) is 1. The molecule has 1 N–H and O–H groups in total. The Morgan fingerprint density at radius 1 is 1.10 bits per heavy atom. The summed E-state index contributed by atoms with van der Waals surface area (Å²) in [7, 11) is 0. The first-order chi connectivity index (χ1) is 9.74. The Bertz CT molecular complexity index is 691. The van der Waals surface area contributed by atoms with Gasteiger partial charge in [-0.05, 0) is 24.3 Å². The van der Waals surface area contributed by atoms with Crippen LogP contribution in [0.5, 0.6) is 0 Å². The second kappa shape index (κ2) is 5.18. The van der Waals surface area contributed by atoms with Gasteiger partial charge in [-0.2, -0.15) is 0 Å². The molecule has 0 unspecified atom stereocenters. The van der Waals surface area contributed by atoms with Gasteiger partial charge in [0.25, 0.3) is 0 Å². The van der Waals surface area contributed by atoms with Gasteiger partial charge in [-0.1, -0.05) is 30.3 Å². The fourth-order valence-corrected chi connectivity index (χ4v) is 1.79. The number of nitrogens with zero attached hydrogens (tertiary/aromatic N) is 5. The summed E-state index contributed by atoms with van der Waals surface area (Å²) in [6.45, 7) is 1.67. The Kier molecular flexibility index (Phi) is 3.22. The average Bonchev–Trinajstić information content (AvgIpc) is 2.98. The van der Waals surface area contributed by atoms with E-state index in [1.54, 1.807) is 25.3 Å². The number of rotatable bonds is 3. The third-order valence-corrected chi connectivity index (χ3v) is 2.88. The Balaban J connectivity index is 1.90. The predicted molar refractivity (Wildman–Crippen MR) is 73.0 cm³/mol. The van der Waals surface area contributed by atoms with Gasteiger partial charge in [0.2, 0.25) is 5.82 Å². The monoisotopic (exact) mass is 267 g/mol. The van der Waals surface area contributed by atoms with Crippen LogP contribution in [-0.4, -0.2) is 30.3 Å². The molecule has 3 aromatic rings. The van der Waals surface area contributed by atoms with E-state index in [4.69, 9.17) is 0 Å². The van der Waals surface area contributed by atoms with Crippen LogP contribution in [0.3, 0.4) is 0 Å². The molecule has 3 rings (SSSR count). The fraction of sp³-hybridized carbons (Fsp3) is 0.143. The van der Waals surface area contributed by atoms with Crippen LogP contribution in [0.4, 0.5) is 0 Å². The van der Waals surface area contributed by atoms with E-state index < -0.39 is 6.10 Å². The molecule has 0 radical (unpaired) electrons. The van der Waals surface area contributed by atoms with E-state index in [2.05, 4.69) is 20.4 Å². The predicted octanol–water partition coefficient (Wildman–Crippen LogP) is 1.78. The minimum Gasteiger partial charge on any atom is -0.387 e. The molecule has 6 nitrogen and oxygen atoms in total. The molecule has 0 saturated heterocycles. The second-order valence-corrected chi connectivity index (χ2v) is 4.39. The number of benzene rings is 1. The van der Waals surface area contributed by atoms with Crippen LogP contribution in [0.15, 0.2) is 48.7 Å². The number of aliphatic hydroxyl groups excluding tert-OH is 1. The van der Waals surface area contributed by atoms with Crippen molar-refractivity contribution in [2.24, 2.45) is 0 Å². The maximum Gasteiger partial charge on any atom is 0.205 e. The quantitative estimate of drug-likeness (QED) is 0.782. The van der Waals surface area contributed by atoms with Gasteiger partial charge in [-0.25, -0.2) is 0 Å². The van der Waals surface area contributed by atoms with E-state index >= 15 is 0 Å². The zero-order valence-corrected chi connectivity index (χ0v) is 10.9. The number of tetrazole rings is 1. The summed E-state index contributed by atoms with van der Waals surface area (Å²) >= 11 is 0. The van der Waals surface area contributed by atoms with Crippen LogP contribution in [0.1, 0.15) is 18.7 Å². The van der Waals surface area contributed by atoms with Crippen molar-refractivity contribution >= 4 is 0 Å². The zero-order valence-electron chi connectivity index (χ0n) is 10.9. The van der Waals surface area contributed by atoms with Crippen LogP contribution in [-0.2, 0) is 0 Å². The van der Waals surface area contributed by atoms with Crippen LogP contribution < -0.4 is 0 Å². The van der Waals surface area contributed by atoms with Crippen molar-refractivity contribution < 1.29 is 5.11 Å². The number of pyridine rings is 1. The molecule has 6 heteroatoms. The van der Waals surface area contributed by atoms with Crippen LogP contribution >= 0.6 is 0 Å². The first kappa shape index (κ1) is 12.4.